The molecule has 1 aliphatic heterocycles. The lowest BCUT2D eigenvalue weighted by molar-refractivity contribution is -0.0501. The van der Waals surface area contributed by atoms with E-state index in [1.807, 2.05) is 59.3 Å². The van der Waals surface area contributed by atoms with Gasteiger partial charge in [-0.2, -0.15) is 0 Å². The number of imidazole rings is 2. The van der Waals surface area contributed by atoms with Gasteiger partial charge in [0, 0.05) is 31.0 Å². The average molecular weight is 573 g/mol. The van der Waals surface area contributed by atoms with E-state index in [0.29, 0.717) is 30.3 Å². The van der Waals surface area contributed by atoms with Gasteiger partial charge in [0.25, 0.3) is 0 Å². The number of hydrogen-bond acceptors (Lipinski definition) is 11. The van der Waals surface area contributed by atoms with E-state index < -0.39 is 31.1 Å². The van der Waals surface area contributed by atoms with Crippen molar-refractivity contribution in [3.05, 3.63) is 79.1 Å². The molecule has 3 aromatic heterocycles. The molecule has 1 fully saturated rings. The Morgan fingerprint density at radius 1 is 1.07 bits per heavy atom. The number of benzene rings is 2. The summed E-state index contributed by atoms with van der Waals surface area (Å²) in [6.45, 7) is 1.20. The summed E-state index contributed by atoms with van der Waals surface area (Å²) in [5.74, 6) is 1.22. The molecule has 0 spiro atoms. The molecule has 218 valence electrons. The number of anilines is 2. The lowest BCUT2D eigenvalue weighted by Crippen LogP contribution is -2.33. The summed E-state index contributed by atoms with van der Waals surface area (Å²) >= 11 is 0. The molecule has 5 aromatic rings. The van der Waals surface area contributed by atoms with Crippen LogP contribution >= 0.6 is 0 Å². The molecule has 13 heteroatoms. The third-order valence-corrected chi connectivity index (χ3v) is 7.24. The van der Waals surface area contributed by atoms with Crippen LogP contribution in [0.25, 0.3) is 22.3 Å². The molecule has 0 unspecified atom stereocenters. The van der Waals surface area contributed by atoms with Crippen molar-refractivity contribution in [3.8, 4) is 16.9 Å². The van der Waals surface area contributed by atoms with E-state index in [0.717, 1.165) is 35.4 Å². The van der Waals surface area contributed by atoms with Gasteiger partial charge in [0.15, 0.2) is 23.2 Å². The van der Waals surface area contributed by atoms with E-state index in [1.54, 1.807) is 12.5 Å². The number of rotatable bonds is 11. The second-order valence-corrected chi connectivity index (χ2v) is 10.0. The Bertz CT molecular complexity index is 1630. The highest BCUT2D eigenvalue weighted by molar-refractivity contribution is 5.84. The maximum atomic E-state index is 10.7. The summed E-state index contributed by atoms with van der Waals surface area (Å²) in [6.07, 6.45) is 2.92. The number of nitrogens with zero attached hydrogens (tertiary/aromatic N) is 6. The molecule has 0 aliphatic carbocycles. The number of nitrogens with two attached hydrogens (primary N) is 1. The average Bonchev–Trinajstić information content (AvgIpc) is 3.74. The number of aliphatic hydroxyl groups excluding tert-OH is 3. The minimum absolute atomic E-state index is 0.159. The Kier molecular flexibility index (Phi) is 7.97. The number of fused-ring (bicyclic) bond motifs is 1. The van der Waals surface area contributed by atoms with Crippen molar-refractivity contribution in [2.45, 2.75) is 44.1 Å². The molecule has 6 N–H and O–H groups in total. The number of aryl methyl sites for hydroxylation is 1. The van der Waals surface area contributed by atoms with Gasteiger partial charge in [0.2, 0.25) is 5.95 Å². The summed E-state index contributed by atoms with van der Waals surface area (Å²) in [7, 11) is 0. The Balaban J connectivity index is 1.26. The molecular weight excluding hydrogens is 540 g/mol. The van der Waals surface area contributed by atoms with Gasteiger partial charge in [-0.1, -0.05) is 42.5 Å². The largest absolute Gasteiger partial charge is 0.493 e. The van der Waals surface area contributed by atoms with Gasteiger partial charge in [-0.25, -0.2) is 19.9 Å². The first kappa shape index (κ1) is 27.6. The van der Waals surface area contributed by atoms with Crippen LogP contribution in [0.1, 0.15) is 18.2 Å². The van der Waals surface area contributed by atoms with Gasteiger partial charge in [-0.05, 0) is 23.6 Å². The minimum Gasteiger partial charge on any atom is -0.493 e. The molecule has 0 amide bonds. The van der Waals surface area contributed by atoms with Crippen molar-refractivity contribution in [1.82, 2.24) is 29.1 Å². The molecular formula is C29H32N8O5. The van der Waals surface area contributed by atoms with Crippen molar-refractivity contribution in [3.63, 3.8) is 0 Å². The number of aromatic nitrogens is 6. The fraction of sp³-hybridized carbons (Fsp3) is 0.310. The number of aliphatic hydroxyl groups is 3. The van der Waals surface area contributed by atoms with Crippen LogP contribution in [-0.4, -0.2) is 75.9 Å². The van der Waals surface area contributed by atoms with Crippen molar-refractivity contribution in [2.24, 2.45) is 0 Å². The zero-order chi connectivity index (χ0) is 29.1. The minimum atomic E-state index is -1.33. The molecule has 6 rings (SSSR count). The quantitative estimate of drug-likeness (QED) is 0.146. The van der Waals surface area contributed by atoms with Crippen molar-refractivity contribution >= 4 is 22.9 Å². The highest BCUT2D eigenvalue weighted by atomic mass is 16.6. The Hall–Kier alpha value is -4.56. The molecule has 0 radical (unpaired) electrons. The van der Waals surface area contributed by atoms with Crippen LogP contribution < -0.4 is 15.8 Å². The fourth-order valence-electron chi connectivity index (χ4n) is 5.07. The van der Waals surface area contributed by atoms with Crippen LogP contribution in [0.2, 0.25) is 0 Å². The standard InChI is InChI=1S/C29H32N8O5/c30-26-23-27(34-16-33-26)37(28-25(40)24(39)22(15-38)42-28)29(35-23)32-14-18-7-8-20(19-5-2-1-3-6-19)21(13-18)41-12-4-10-36-11-9-31-17-36/h1-3,5-9,11,13,16-17,22,24-25,28,38-40H,4,10,12,14-15H2,(H,32,35)(H2,30,33,34)/t22-,24-,25-,28-/m1/s1. The summed E-state index contributed by atoms with van der Waals surface area (Å²) in [5.41, 5.74) is 9.64. The third-order valence-electron chi connectivity index (χ3n) is 7.24. The SMILES string of the molecule is Nc1ncnc2c1nc(NCc1ccc(-c3ccccc3)c(OCCCn3ccnc3)c1)n2[C@@H]1O[C@H](CO)[C@@H](O)[C@H]1O. The first-order valence-electron chi connectivity index (χ1n) is 13.6. The smallest absolute Gasteiger partial charge is 0.207 e. The summed E-state index contributed by atoms with van der Waals surface area (Å²) in [5, 5.41) is 34.0. The molecule has 1 aliphatic rings. The van der Waals surface area contributed by atoms with Crippen molar-refractivity contribution in [1.29, 1.82) is 0 Å². The molecule has 2 aromatic carbocycles. The normalized spacial score (nSPS) is 20.3. The van der Waals surface area contributed by atoms with Crippen LogP contribution in [0.15, 0.2) is 73.6 Å². The van der Waals surface area contributed by atoms with Crippen LogP contribution in [0.3, 0.4) is 0 Å². The Morgan fingerprint density at radius 3 is 2.69 bits per heavy atom. The van der Waals surface area contributed by atoms with E-state index in [1.165, 1.54) is 10.9 Å². The molecule has 0 saturated carbocycles. The Morgan fingerprint density at radius 2 is 1.93 bits per heavy atom. The molecule has 13 nitrogen and oxygen atoms in total. The number of nitrogen functional groups attached to an aromatic ring is 1. The zero-order valence-corrected chi connectivity index (χ0v) is 22.7. The van der Waals surface area contributed by atoms with E-state index in [-0.39, 0.29) is 5.82 Å². The maximum absolute atomic E-state index is 10.7. The van der Waals surface area contributed by atoms with Gasteiger partial charge < -0.3 is 40.4 Å². The van der Waals surface area contributed by atoms with Gasteiger partial charge in [0.1, 0.15) is 30.4 Å². The molecule has 42 heavy (non-hydrogen) atoms. The van der Waals surface area contributed by atoms with E-state index in [9.17, 15) is 15.3 Å². The first-order valence-corrected chi connectivity index (χ1v) is 13.6. The van der Waals surface area contributed by atoms with Gasteiger partial charge in [-0.3, -0.25) is 4.57 Å². The molecule has 4 heterocycles. The number of hydrogen-bond donors (Lipinski definition) is 5. The van der Waals surface area contributed by atoms with E-state index >= 15 is 0 Å². The number of ether oxygens (including phenoxy) is 2. The molecule has 4 atom stereocenters. The van der Waals surface area contributed by atoms with Crippen LogP contribution in [0.4, 0.5) is 11.8 Å². The van der Waals surface area contributed by atoms with E-state index in [2.05, 4.69) is 25.3 Å². The monoisotopic (exact) mass is 572 g/mol. The van der Waals surface area contributed by atoms with Crippen molar-refractivity contribution < 1.29 is 24.8 Å². The predicted molar refractivity (Wildman–Crippen MR) is 154 cm³/mol. The summed E-state index contributed by atoms with van der Waals surface area (Å²) in [4.78, 5) is 17.0. The Labute approximate surface area is 241 Å². The second-order valence-electron chi connectivity index (χ2n) is 10.0. The van der Waals surface area contributed by atoms with Gasteiger partial charge in [0.05, 0.1) is 19.5 Å². The highest BCUT2D eigenvalue weighted by Crippen LogP contribution is 2.36. The predicted octanol–water partition coefficient (Wildman–Crippen LogP) is 1.96. The van der Waals surface area contributed by atoms with Gasteiger partial charge in [-0.15, -0.1) is 0 Å². The topological polar surface area (TPSA) is 179 Å². The fourth-order valence-corrected chi connectivity index (χ4v) is 5.07. The van der Waals surface area contributed by atoms with Gasteiger partial charge >= 0.3 is 0 Å². The first-order chi connectivity index (χ1) is 20.5. The third kappa shape index (κ3) is 5.50. The maximum Gasteiger partial charge on any atom is 0.207 e. The van der Waals surface area contributed by atoms with Crippen molar-refractivity contribution in [2.75, 3.05) is 24.3 Å². The lowest BCUT2D eigenvalue weighted by atomic mass is 10.0. The van der Waals surface area contributed by atoms with Crippen LogP contribution in [0, 0.1) is 0 Å². The summed E-state index contributed by atoms with van der Waals surface area (Å²) < 4.78 is 15.6. The number of nitrogens with one attached hydrogen (secondary N) is 1. The lowest BCUT2D eigenvalue weighted by Gasteiger charge is -2.20. The summed E-state index contributed by atoms with van der Waals surface area (Å²) in [6, 6.07) is 16.1. The second kappa shape index (κ2) is 12.1. The van der Waals surface area contributed by atoms with Crippen LogP contribution in [-0.2, 0) is 17.8 Å². The molecule has 0 bridgehead atoms. The zero-order valence-electron chi connectivity index (χ0n) is 22.7. The highest BCUT2D eigenvalue weighted by Gasteiger charge is 2.45. The molecule has 1 saturated heterocycles. The van der Waals surface area contributed by atoms with Crippen LogP contribution in [0.5, 0.6) is 5.75 Å². The van der Waals surface area contributed by atoms with E-state index in [4.69, 9.17) is 15.2 Å².